The zero-order valence-corrected chi connectivity index (χ0v) is 13.6. The highest BCUT2D eigenvalue weighted by Crippen LogP contribution is 2.28. The fraction of sp³-hybridized carbons (Fsp3) is 0.143. The quantitative estimate of drug-likeness (QED) is 0.713. The van der Waals surface area contributed by atoms with Gasteiger partial charge >= 0.3 is 0 Å². The number of methoxy groups -OCH3 is 1. The van der Waals surface area contributed by atoms with Gasteiger partial charge in [0, 0.05) is 5.02 Å². The molecule has 0 bridgehead atoms. The molecule has 3 rings (SSSR count). The molecule has 0 radical (unpaired) electrons. The van der Waals surface area contributed by atoms with Gasteiger partial charge in [0.1, 0.15) is 17.1 Å². The van der Waals surface area contributed by atoms with Crippen LogP contribution in [0, 0.1) is 0 Å². The summed E-state index contributed by atoms with van der Waals surface area (Å²) < 4.78 is 6.75. The average Bonchev–Trinajstić information content (AvgIpc) is 3.01. The summed E-state index contributed by atoms with van der Waals surface area (Å²) >= 11 is 7.25. The van der Waals surface area contributed by atoms with Gasteiger partial charge in [-0.25, -0.2) is 0 Å². The Morgan fingerprint density at radius 1 is 1.39 bits per heavy atom. The lowest BCUT2D eigenvalue weighted by atomic mass is 10.3. The van der Waals surface area contributed by atoms with Crippen LogP contribution in [0.25, 0.3) is 5.65 Å². The number of nitrogens with zero attached hydrogens (tertiary/aromatic N) is 4. The first-order valence-electron chi connectivity index (χ1n) is 6.59. The van der Waals surface area contributed by atoms with Crippen LogP contribution in [-0.2, 0) is 4.79 Å². The standard InChI is InChI=1S/C14H12ClN5O2S/c1-22-11-3-2-9(15)6-10(11)17-13(21)7-23-14-5-4-12-18-16-8-20(12)19-14/h2-6,8H,7H2,1H3,(H,17,21). The van der Waals surface area contributed by atoms with Crippen LogP contribution in [0.15, 0.2) is 41.7 Å². The maximum Gasteiger partial charge on any atom is 0.234 e. The van der Waals surface area contributed by atoms with Gasteiger partial charge in [0.2, 0.25) is 5.91 Å². The number of halogens is 1. The Morgan fingerprint density at radius 2 is 2.26 bits per heavy atom. The number of hydrogen-bond acceptors (Lipinski definition) is 6. The van der Waals surface area contributed by atoms with Gasteiger partial charge in [0.15, 0.2) is 5.65 Å². The molecule has 0 unspecified atom stereocenters. The Morgan fingerprint density at radius 3 is 3.09 bits per heavy atom. The Hall–Kier alpha value is -2.32. The largest absolute Gasteiger partial charge is 0.495 e. The SMILES string of the molecule is COc1ccc(Cl)cc1NC(=O)CSc1ccc2nncn2n1. The Labute approximate surface area is 141 Å². The number of fused-ring (bicyclic) bond motifs is 1. The van der Waals surface area contributed by atoms with E-state index < -0.39 is 0 Å². The lowest BCUT2D eigenvalue weighted by molar-refractivity contribution is -0.113. The van der Waals surface area contributed by atoms with Gasteiger partial charge < -0.3 is 10.1 Å². The van der Waals surface area contributed by atoms with E-state index in [1.807, 2.05) is 0 Å². The maximum absolute atomic E-state index is 12.1. The normalized spacial score (nSPS) is 10.7. The van der Waals surface area contributed by atoms with Gasteiger partial charge in [-0.1, -0.05) is 23.4 Å². The zero-order chi connectivity index (χ0) is 16.2. The molecular formula is C14H12ClN5O2S. The predicted molar refractivity (Wildman–Crippen MR) is 88.1 cm³/mol. The van der Waals surface area contributed by atoms with Crippen LogP contribution in [0.1, 0.15) is 0 Å². The summed E-state index contributed by atoms with van der Waals surface area (Å²) in [4.78, 5) is 12.1. The molecule has 2 heterocycles. The number of carbonyl (C=O) groups excluding carboxylic acids is 1. The highest BCUT2D eigenvalue weighted by molar-refractivity contribution is 7.99. The maximum atomic E-state index is 12.1. The Bertz CT molecular complexity index is 854. The number of ether oxygens (including phenoxy) is 1. The smallest absolute Gasteiger partial charge is 0.234 e. The molecule has 23 heavy (non-hydrogen) atoms. The van der Waals surface area contributed by atoms with Gasteiger partial charge in [-0.2, -0.15) is 9.61 Å². The number of carbonyl (C=O) groups is 1. The lowest BCUT2D eigenvalue weighted by Gasteiger charge is -2.10. The number of benzene rings is 1. The summed E-state index contributed by atoms with van der Waals surface area (Å²) in [5.41, 5.74) is 1.19. The molecule has 7 nitrogen and oxygen atoms in total. The van der Waals surface area contributed by atoms with Crippen molar-refractivity contribution in [3.8, 4) is 5.75 Å². The third-order valence-corrected chi connectivity index (χ3v) is 4.08. The Kier molecular flexibility index (Phi) is 4.63. The second-order valence-corrected chi connectivity index (χ2v) is 5.92. The third kappa shape index (κ3) is 3.72. The molecule has 0 atom stereocenters. The summed E-state index contributed by atoms with van der Waals surface area (Å²) in [5.74, 6) is 0.578. The molecule has 118 valence electrons. The van der Waals surface area contributed by atoms with Crippen molar-refractivity contribution in [2.24, 2.45) is 0 Å². The van der Waals surface area contributed by atoms with E-state index in [0.717, 1.165) is 0 Å². The number of anilines is 1. The van der Waals surface area contributed by atoms with Crippen LogP contribution in [0.3, 0.4) is 0 Å². The molecule has 0 saturated heterocycles. The summed E-state index contributed by atoms with van der Waals surface area (Å²) in [6.45, 7) is 0. The summed E-state index contributed by atoms with van der Waals surface area (Å²) in [6.07, 6.45) is 1.51. The topological polar surface area (TPSA) is 81.4 Å². The van der Waals surface area contributed by atoms with Gasteiger partial charge in [0.25, 0.3) is 0 Å². The van der Waals surface area contributed by atoms with Crippen molar-refractivity contribution in [3.63, 3.8) is 0 Å². The van der Waals surface area contributed by atoms with Gasteiger partial charge in [-0.3, -0.25) is 4.79 Å². The van der Waals surface area contributed by atoms with Crippen LogP contribution >= 0.6 is 23.4 Å². The molecule has 9 heteroatoms. The zero-order valence-electron chi connectivity index (χ0n) is 12.1. The number of aromatic nitrogens is 4. The third-order valence-electron chi connectivity index (χ3n) is 2.92. The molecule has 1 aromatic carbocycles. The highest BCUT2D eigenvalue weighted by atomic mass is 35.5. The lowest BCUT2D eigenvalue weighted by Crippen LogP contribution is -2.15. The minimum Gasteiger partial charge on any atom is -0.495 e. The van der Waals surface area contributed by atoms with Crippen LogP contribution in [0.2, 0.25) is 5.02 Å². The van der Waals surface area contributed by atoms with E-state index in [2.05, 4.69) is 20.6 Å². The van der Waals surface area contributed by atoms with Crippen molar-refractivity contribution >= 4 is 40.6 Å². The highest BCUT2D eigenvalue weighted by Gasteiger charge is 2.10. The van der Waals surface area contributed by atoms with E-state index in [1.54, 1.807) is 34.8 Å². The molecule has 2 aromatic heterocycles. The van der Waals surface area contributed by atoms with Gasteiger partial charge in [-0.15, -0.1) is 10.2 Å². The van der Waals surface area contributed by atoms with E-state index in [9.17, 15) is 4.79 Å². The minimum atomic E-state index is -0.179. The number of hydrogen-bond donors (Lipinski definition) is 1. The van der Waals surface area contributed by atoms with Crippen LogP contribution < -0.4 is 10.1 Å². The fourth-order valence-corrected chi connectivity index (χ4v) is 2.72. The molecule has 0 spiro atoms. The number of thioether (sulfide) groups is 1. The second-order valence-electron chi connectivity index (χ2n) is 4.49. The van der Waals surface area contributed by atoms with Crippen LogP contribution in [-0.4, -0.2) is 38.6 Å². The molecule has 1 N–H and O–H groups in total. The molecule has 0 saturated carbocycles. The predicted octanol–water partition coefficient (Wildman–Crippen LogP) is 2.52. The molecule has 0 aliphatic rings. The summed E-state index contributed by atoms with van der Waals surface area (Å²) in [6, 6.07) is 8.63. The van der Waals surface area contributed by atoms with Crippen LogP contribution in [0.4, 0.5) is 5.69 Å². The molecule has 0 aliphatic carbocycles. The van der Waals surface area contributed by atoms with E-state index >= 15 is 0 Å². The van der Waals surface area contributed by atoms with E-state index in [1.165, 1.54) is 25.2 Å². The number of rotatable bonds is 5. The van der Waals surface area contributed by atoms with E-state index in [4.69, 9.17) is 16.3 Å². The van der Waals surface area contributed by atoms with Gasteiger partial charge in [0.05, 0.1) is 18.6 Å². The van der Waals surface area contributed by atoms with E-state index in [0.29, 0.717) is 27.1 Å². The summed E-state index contributed by atoms with van der Waals surface area (Å²) in [5, 5.41) is 15.9. The molecule has 0 fully saturated rings. The first-order chi connectivity index (χ1) is 11.2. The Balaban J connectivity index is 1.64. The van der Waals surface area contributed by atoms with Crippen molar-refractivity contribution < 1.29 is 9.53 Å². The number of nitrogens with one attached hydrogen (secondary N) is 1. The van der Waals surface area contributed by atoms with Crippen molar-refractivity contribution in [2.45, 2.75) is 5.03 Å². The first kappa shape index (κ1) is 15.6. The minimum absolute atomic E-state index is 0.179. The van der Waals surface area contributed by atoms with Crippen molar-refractivity contribution in [3.05, 3.63) is 41.7 Å². The molecular weight excluding hydrogens is 338 g/mol. The van der Waals surface area contributed by atoms with Crippen molar-refractivity contribution in [1.29, 1.82) is 0 Å². The fourth-order valence-electron chi connectivity index (χ4n) is 1.89. The van der Waals surface area contributed by atoms with Crippen LogP contribution in [0.5, 0.6) is 5.75 Å². The molecule has 3 aromatic rings. The average molecular weight is 350 g/mol. The van der Waals surface area contributed by atoms with Crippen molar-refractivity contribution in [1.82, 2.24) is 19.8 Å². The van der Waals surface area contributed by atoms with Gasteiger partial charge in [-0.05, 0) is 30.3 Å². The van der Waals surface area contributed by atoms with E-state index in [-0.39, 0.29) is 11.7 Å². The summed E-state index contributed by atoms with van der Waals surface area (Å²) in [7, 11) is 1.53. The second kappa shape index (κ2) is 6.84. The first-order valence-corrected chi connectivity index (χ1v) is 7.95. The molecule has 1 amide bonds. The monoisotopic (exact) mass is 349 g/mol. The van der Waals surface area contributed by atoms with Crippen molar-refractivity contribution in [2.75, 3.05) is 18.2 Å². The molecule has 0 aliphatic heterocycles. The number of amides is 1.